The molecule has 0 amide bonds. The summed E-state index contributed by atoms with van der Waals surface area (Å²) in [5.74, 6) is 0.0515. The second kappa shape index (κ2) is 3.30. The van der Waals surface area contributed by atoms with Crippen LogP contribution in [0.5, 0.6) is 0 Å². The number of H-pyrrole nitrogens is 1. The van der Waals surface area contributed by atoms with Crippen molar-refractivity contribution < 1.29 is 4.79 Å². The molecule has 66 valence electrons. The molecule has 0 fully saturated rings. The van der Waals surface area contributed by atoms with Gasteiger partial charge in [-0.1, -0.05) is 15.9 Å². The zero-order chi connectivity index (χ0) is 9.26. The molecule has 0 atom stereocenters. The number of pyridine rings is 1. The Kier molecular flexibility index (Phi) is 2.14. The fourth-order valence-corrected chi connectivity index (χ4v) is 1.49. The largest absolute Gasteiger partial charge is 0.346 e. The van der Waals surface area contributed by atoms with Crippen molar-refractivity contribution in [3.63, 3.8) is 0 Å². The van der Waals surface area contributed by atoms with E-state index in [2.05, 4.69) is 25.9 Å². The first-order chi connectivity index (χ1) is 6.31. The van der Waals surface area contributed by atoms with Crippen LogP contribution in [-0.4, -0.2) is 21.1 Å². The smallest absolute Gasteiger partial charge is 0.174 e. The molecule has 0 aliphatic carbocycles. The van der Waals surface area contributed by atoms with E-state index >= 15 is 0 Å². The zero-order valence-corrected chi connectivity index (χ0v) is 8.34. The molecular weight excluding hydrogens is 232 g/mol. The van der Waals surface area contributed by atoms with Crippen molar-refractivity contribution in [3.8, 4) is 0 Å². The monoisotopic (exact) mass is 238 g/mol. The number of halogens is 1. The molecule has 3 nitrogen and oxygen atoms in total. The second-order valence-electron chi connectivity index (χ2n) is 2.70. The van der Waals surface area contributed by atoms with Crippen molar-refractivity contribution in [2.75, 3.05) is 5.33 Å². The number of fused-ring (bicyclic) bond motifs is 1. The molecule has 0 spiro atoms. The van der Waals surface area contributed by atoms with Gasteiger partial charge in [-0.25, -0.2) is 4.98 Å². The fourth-order valence-electron chi connectivity index (χ4n) is 1.17. The topological polar surface area (TPSA) is 45.8 Å². The van der Waals surface area contributed by atoms with Gasteiger partial charge in [0.2, 0.25) is 0 Å². The van der Waals surface area contributed by atoms with Crippen molar-refractivity contribution in [1.29, 1.82) is 0 Å². The summed E-state index contributed by atoms with van der Waals surface area (Å²) in [4.78, 5) is 18.4. The Hall–Kier alpha value is -1.16. The summed E-state index contributed by atoms with van der Waals surface area (Å²) < 4.78 is 0. The van der Waals surface area contributed by atoms with Crippen LogP contribution in [-0.2, 0) is 0 Å². The maximum absolute atomic E-state index is 11.3. The first kappa shape index (κ1) is 8.44. The number of nitrogens with one attached hydrogen (secondary N) is 1. The molecule has 2 heterocycles. The van der Waals surface area contributed by atoms with Crippen LogP contribution < -0.4 is 0 Å². The van der Waals surface area contributed by atoms with Crippen molar-refractivity contribution in [2.45, 2.75) is 0 Å². The standard InChI is InChI=1S/C9H7BrN2O/c10-4-8(13)7-3-6-1-2-11-9(6)12-5-7/h1-3,5H,4H2,(H,11,12). The van der Waals surface area contributed by atoms with Gasteiger partial charge >= 0.3 is 0 Å². The number of hydrogen-bond acceptors (Lipinski definition) is 2. The molecule has 0 saturated carbocycles. The highest BCUT2D eigenvalue weighted by Gasteiger charge is 2.05. The normalized spacial score (nSPS) is 10.5. The average molecular weight is 239 g/mol. The Morgan fingerprint density at radius 3 is 3.23 bits per heavy atom. The predicted octanol–water partition coefficient (Wildman–Crippen LogP) is 2.14. The quantitative estimate of drug-likeness (QED) is 0.644. The third kappa shape index (κ3) is 1.49. The van der Waals surface area contributed by atoms with Gasteiger partial charge in [0.05, 0.1) is 5.33 Å². The number of rotatable bonds is 2. The van der Waals surface area contributed by atoms with Crippen molar-refractivity contribution in [3.05, 3.63) is 30.1 Å². The third-order valence-electron chi connectivity index (χ3n) is 1.84. The Balaban J connectivity index is 2.54. The van der Waals surface area contributed by atoms with Crippen LogP contribution >= 0.6 is 15.9 Å². The van der Waals surface area contributed by atoms with E-state index in [0.29, 0.717) is 10.9 Å². The average Bonchev–Trinajstić information content (AvgIpc) is 2.63. The predicted molar refractivity (Wildman–Crippen MR) is 54.2 cm³/mol. The molecule has 0 unspecified atom stereocenters. The highest BCUT2D eigenvalue weighted by Crippen LogP contribution is 2.12. The van der Waals surface area contributed by atoms with Gasteiger partial charge in [0.15, 0.2) is 5.78 Å². The molecule has 0 aliphatic rings. The summed E-state index contributed by atoms with van der Waals surface area (Å²) in [5, 5.41) is 1.30. The maximum Gasteiger partial charge on any atom is 0.174 e. The zero-order valence-electron chi connectivity index (χ0n) is 6.75. The van der Waals surface area contributed by atoms with Gasteiger partial charge in [-0.05, 0) is 12.1 Å². The third-order valence-corrected chi connectivity index (χ3v) is 2.35. The van der Waals surface area contributed by atoms with Gasteiger partial charge in [-0.2, -0.15) is 0 Å². The lowest BCUT2D eigenvalue weighted by Crippen LogP contribution is -1.99. The number of ketones is 1. The number of aromatic nitrogens is 2. The molecule has 2 aromatic rings. The molecule has 0 radical (unpaired) electrons. The molecule has 0 saturated heterocycles. The number of Topliss-reactive ketones (excluding diaryl/α,β-unsaturated/α-hetero) is 1. The SMILES string of the molecule is O=C(CBr)c1cnc2[nH]ccc2c1. The number of alkyl halides is 1. The van der Waals surface area contributed by atoms with Crippen LogP contribution in [0.1, 0.15) is 10.4 Å². The first-order valence-corrected chi connectivity index (χ1v) is 4.95. The van der Waals surface area contributed by atoms with Crippen LogP contribution in [0.4, 0.5) is 0 Å². The lowest BCUT2D eigenvalue weighted by molar-refractivity contribution is 0.102. The summed E-state index contributed by atoms with van der Waals surface area (Å²) in [6, 6.07) is 3.73. The van der Waals surface area contributed by atoms with Crippen LogP contribution in [0.2, 0.25) is 0 Å². The summed E-state index contributed by atoms with van der Waals surface area (Å²) in [5.41, 5.74) is 1.45. The number of nitrogens with zero attached hydrogens (tertiary/aromatic N) is 1. The van der Waals surface area contributed by atoms with Crippen molar-refractivity contribution in [1.82, 2.24) is 9.97 Å². The Labute approximate surface area is 83.3 Å². The van der Waals surface area contributed by atoms with E-state index in [4.69, 9.17) is 0 Å². The fraction of sp³-hybridized carbons (Fsp3) is 0.111. The van der Waals surface area contributed by atoms with Crippen LogP contribution in [0, 0.1) is 0 Å². The Bertz CT molecular complexity index is 450. The van der Waals surface area contributed by atoms with Crippen LogP contribution in [0.25, 0.3) is 11.0 Å². The molecule has 13 heavy (non-hydrogen) atoms. The molecule has 2 rings (SSSR count). The molecule has 1 N–H and O–H groups in total. The van der Waals surface area contributed by atoms with E-state index in [1.165, 1.54) is 0 Å². The van der Waals surface area contributed by atoms with E-state index < -0.39 is 0 Å². The minimum Gasteiger partial charge on any atom is -0.346 e. The lowest BCUT2D eigenvalue weighted by Gasteiger charge is -1.95. The number of carbonyl (C=O) groups is 1. The van der Waals surface area contributed by atoms with Gasteiger partial charge < -0.3 is 4.98 Å². The summed E-state index contributed by atoms with van der Waals surface area (Å²) >= 11 is 3.12. The lowest BCUT2D eigenvalue weighted by atomic mass is 10.2. The number of hydrogen-bond donors (Lipinski definition) is 1. The van der Waals surface area contributed by atoms with Crippen LogP contribution in [0.3, 0.4) is 0 Å². The van der Waals surface area contributed by atoms with Crippen LogP contribution in [0.15, 0.2) is 24.5 Å². The molecule has 0 bridgehead atoms. The highest BCUT2D eigenvalue weighted by atomic mass is 79.9. The van der Waals surface area contributed by atoms with E-state index in [0.717, 1.165) is 11.0 Å². The number of carbonyl (C=O) groups excluding carboxylic acids is 1. The van der Waals surface area contributed by atoms with Crippen molar-refractivity contribution in [2.24, 2.45) is 0 Å². The summed E-state index contributed by atoms with van der Waals surface area (Å²) in [6.45, 7) is 0. The van der Waals surface area contributed by atoms with E-state index in [9.17, 15) is 4.79 Å². The van der Waals surface area contributed by atoms with E-state index in [1.54, 1.807) is 12.4 Å². The molecule has 2 aromatic heterocycles. The Morgan fingerprint density at radius 1 is 1.62 bits per heavy atom. The van der Waals surface area contributed by atoms with Gasteiger partial charge in [0.25, 0.3) is 0 Å². The minimum atomic E-state index is 0.0515. The maximum atomic E-state index is 11.3. The molecule has 0 aromatic carbocycles. The first-order valence-electron chi connectivity index (χ1n) is 3.83. The minimum absolute atomic E-state index is 0.0515. The molecular formula is C9H7BrN2O. The van der Waals surface area contributed by atoms with Gasteiger partial charge in [-0.3, -0.25) is 4.79 Å². The summed E-state index contributed by atoms with van der Waals surface area (Å²) in [7, 11) is 0. The Morgan fingerprint density at radius 2 is 2.46 bits per heavy atom. The van der Waals surface area contributed by atoms with Crippen molar-refractivity contribution >= 4 is 32.7 Å². The summed E-state index contributed by atoms with van der Waals surface area (Å²) in [6.07, 6.45) is 3.39. The second-order valence-corrected chi connectivity index (χ2v) is 3.26. The van der Waals surface area contributed by atoms with Gasteiger partial charge in [0.1, 0.15) is 5.65 Å². The van der Waals surface area contributed by atoms with Gasteiger partial charge in [0, 0.05) is 23.3 Å². The van der Waals surface area contributed by atoms with E-state index in [1.807, 2.05) is 12.1 Å². The van der Waals surface area contributed by atoms with Gasteiger partial charge in [-0.15, -0.1) is 0 Å². The molecule has 4 heteroatoms. The number of aromatic amines is 1. The molecule has 0 aliphatic heterocycles. The highest BCUT2D eigenvalue weighted by molar-refractivity contribution is 9.09. The van der Waals surface area contributed by atoms with E-state index in [-0.39, 0.29) is 5.78 Å².